The number of thioether (sulfide) groups is 1. The van der Waals surface area contributed by atoms with E-state index in [2.05, 4.69) is 10.6 Å². The van der Waals surface area contributed by atoms with Gasteiger partial charge < -0.3 is 27.2 Å². The van der Waals surface area contributed by atoms with Gasteiger partial charge in [0.1, 0.15) is 12.1 Å². The Morgan fingerprint density at radius 2 is 1.74 bits per heavy atom. The highest BCUT2D eigenvalue weighted by Crippen LogP contribution is 2.01. The van der Waals surface area contributed by atoms with Crippen LogP contribution in [0.25, 0.3) is 0 Å². The summed E-state index contributed by atoms with van der Waals surface area (Å²) in [5.74, 6) is -2.82. The van der Waals surface area contributed by atoms with Crippen molar-refractivity contribution in [1.82, 2.24) is 10.6 Å². The van der Waals surface area contributed by atoms with Crippen LogP contribution in [0, 0.1) is 0 Å². The molecule has 134 valence electrons. The molecule has 11 heteroatoms. The third kappa shape index (κ3) is 9.97. The van der Waals surface area contributed by atoms with E-state index in [-0.39, 0.29) is 12.4 Å². The highest BCUT2D eigenvalue weighted by atomic mass is 35.5. The molecule has 0 heterocycles. The van der Waals surface area contributed by atoms with E-state index in [1.165, 1.54) is 18.7 Å². The van der Waals surface area contributed by atoms with Crippen molar-refractivity contribution in [2.75, 3.05) is 12.0 Å². The molecule has 7 N–H and O–H groups in total. The topological polar surface area (TPSA) is 165 Å². The second-order valence-electron chi connectivity index (χ2n) is 4.68. The average Bonchev–Trinajstić information content (AvgIpc) is 2.42. The maximum Gasteiger partial charge on any atom is 0.305 e. The zero-order chi connectivity index (χ0) is 17.3. The number of rotatable bonds is 10. The van der Waals surface area contributed by atoms with E-state index in [4.69, 9.17) is 16.6 Å². The van der Waals surface area contributed by atoms with Crippen molar-refractivity contribution < 1.29 is 24.3 Å². The number of hydrogen-bond donors (Lipinski definition) is 5. The van der Waals surface area contributed by atoms with Crippen molar-refractivity contribution in [3.8, 4) is 0 Å². The van der Waals surface area contributed by atoms with E-state index in [0.29, 0.717) is 12.2 Å². The maximum atomic E-state index is 11.9. The molecule has 0 aromatic carbocycles. The number of nitrogens with two attached hydrogens (primary N) is 2. The van der Waals surface area contributed by atoms with Crippen molar-refractivity contribution in [3.05, 3.63) is 0 Å². The molecule has 0 radical (unpaired) electrons. The van der Waals surface area contributed by atoms with E-state index < -0.39 is 48.2 Å². The molecular weight excluding hydrogens is 348 g/mol. The fourth-order valence-electron chi connectivity index (χ4n) is 1.42. The Morgan fingerprint density at radius 3 is 2.17 bits per heavy atom. The van der Waals surface area contributed by atoms with Crippen LogP contribution in [0.1, 0.15) is 19.8 Å². The molecule has 3 amide bonds. The average molecular weight is 371 g/mol. The van der Waals surface area contributed by atoms with Crippen LogP contribution in [0.2, 0.25) is 0 Å². The summed E-state index contributed by atoms with van der Waals surface area (Å²) in [5.41, 5.74) is 10.7. The lowest BCUT2D eigenvalue weighted by molar-refractivity contribution is -0.141. The van der Waals surface area contributed by atoms with Crippen molar-refractivity contribution in [2.24, 2.45) is 11.5 Å². The van der Waals surface area contributed by atoms with Gasteiger partial charge in [-0.3, -0.25) is 19.2 Å². The Labute approximate surface area is 144 Å². The van der Waals surface area contributed by atoms with Gasteiger partial charge in [-0.05, 0) is 25.4 Å². The van der Waals surface area contributed by atoms with Gasteiger partial charge in [0.05, 0.1) is 12.5 Å². The van der Waals surface area contributed by atoms with Crippen LogP contribution in [0.5, 0.6) is 0 Å². The summed E-state index contributed by atoms with van der Waals surface area (Å²) in [6.07, 6.45) is 1.63. The second kappa shape index (κ2) is 12.0. The van der Waals surface area contributed by atoms with Gasteiger partial charge in [0, 0.05) is 0 Å². The van der Waals surface area contributed by atoms with E-state index >= 15 is 0 Å². The molecule has 0 aliphatic rings. The predicted octanol–water partition coefficient (Wildman–Crippen LogP) is -1.56. The molecule has 0 aromatic rings. The van der Waals surface area contributed by atoms with Crippen molar-refractivity contribution in [1.29, 1.82) is 0 Å². The third-order valence-electron chi connectivity index (χ3n) is 2.77. The Morgan fingerprint density at radius 1 is 1.17 bits per heavy atom. The second-order valence-corrected chi connectivity index (χ2v) is 5.67. The number of primary amides is 1. The van der Waals surface area contributed by atoms with Crippen LogP contribution in [0.3, 0.4) is 0 Å². The first-order chi connectivity index (χ1) is 10.2. The minimum Gasteiger partial charge on any atom is -0.481 e. The van der Waals surface area contributed by atoms with Gasteiger partial charge in [-0.2, -0.15) is 11.8 Å². The van der Waals surface area contributed by atoms with E-state index in [1.54, 1.807) is 0 Å². The lowest BCUT2D eigenvalue weighted by atomic mass is 10.1. The summed E-state index contributed by atoms with van der Waals surface area (Å²) in [5, 5.41) is 13.3. The molecule has 0 aliphatic heterocycles. The summed E-state index contributed by atoms with van der Waals surface area (Å²) < 4.78 is 0. The molecule has 0 rings (SSSR count). The molecule has 0 spiro atoms. The van der Waals surface area contributed by atoms with Crippen LogP contribution in [0.4, 0.5) is 0 Å². The van der Waals surface area contributed by atoms with Crippen LogP contribution >= 0.6 is 24.2 Å². The number of carboxylic acids is 1. The van der Waals surface area contributed by atoms with E-state index in [0.717, 1.165) is 0 Å². The number of carboxylic acid groups (broad SMARTS) is 1. The normalized spacial score (nSPS) is 13.9. The highest BCUT2D eigenvalue weighted by Gasteiger charge is 2.27. The first-order valence-electron chi connectivity index (χ1n) is 6.55. The molecule has 0 aliphatic carbocycles. The summed E-state index contributed by atoms with van der Waals surface area (Å²) in [6.45, 7) is 1.35. The van der Waals surface area contributed by atoms with Gasteiger partial charge in [0.2, 0.25) is 17.7 Å². The van der Waals surface area contributed by atoms with Gasteiger partial charge in [-0.1, -0.05) is 0 Å². The Bertz CT molecular complexity index is 438. The quantitative estimate of drug-likeness (QED) is 0.310. The smallest absolute Gasteiger partial charge is 0.305 e. The minimum atomic E-state index is -1.33. The number of carbonyl (C=O) groups is 4. The molecule has 0 fully saturated rings. The van der Waals surface area contributed by atoms with Crippen molar-refractivity contribution >= 4 is 47.9 Å². The van der Waals surface area contributed by atoms with Gasteiger partial charge in [0.15, 0.2) is 0 Å². The zero-order valence-corrected chi connectivity index (χ0v) is 14.5. The molecule has 0 saturated heterocycles. The fraction of sp³-hybridized carbons (Fsp3) is 0.667. The molecule has 0 bridgehead atoms. The Balaban J connectivity index is 0. The predicted molar refractivity (Wildman–Crippen MR) is 89.2 cm³/mol. The van der Waals surface area contributed by atoms with Crippen LogP contribution in [-0.2, 0) is 19.2 Å². The van der Waals surface area contributed by atoms with Gasteiger partial charge in [0.25, 0.3) is 0 Å². The number of carbonyl (C=O) groups excluding carboxylic acids is 3. The summed E-state index contributed by atoms with van der Waals surface area (Å²) in [6, 6.07) is -3.15. The Kier molecular flexibility index (Phi) is 12.4. The summed E-state index contributed by atoms with van der Waals surface area (Å²) in [7, 11) is 0. The number of halogens is 1. The number of nitrogens with one attached hydrogen (secondary N) is 2. The highest BCUT2D eigenvalue weighted by molar-refractivity contribution is 7.98. The first kappa shape index (κ1) is 23.7. The van der Waals surface area contributed by atoms with E-state index in [9.17, 15) is 19.2 Å². The molecular formula is C12H23ClN4O5S. The standard InChI is InChI=1S/C12H22N4O5S.ClH/c1-6(10(14)19)15-12(21)8(5-9(17)18)16-11(20)7(13)3-4-22-2;/h6-8H,3-5,13H2,1-2H3,(H2,14,19)(H,15,21)(H,16,20)(H,17,18);1H/t6-,7+,8+;/m1./s1. The monoisotopic (exact) mass is 370 g/mol. The van der Waals surface area contributed by atoms with Crippen LogP contribution in [-0.4, -0.2) is 58.9 Å². The van der Waals surface area contributed by atoms with Crippen molar-refractivity contribution in [3.63, 3.8) is 0 Å². The lowest BCUT2D eigenvalue weighted by Gasteiger charge is -2.20. The third-order valence-corrected chi connectivity index (χ3v) is 3.41. The molecule has 0 aromatic heterocycles. The zero-order valence-electron chi connectivity index (χ0n) is 12.9. The summed E-state index contributed by atoms with van der Waals surface area (Å²) in [4.78, 5) is 45.5. The number of amides is 3. The van der Waals surface area contributed by atoms with Crippen LogP contribution < -0.4 is 22.1 Å². The number of aliphatic carboxylic acids is 1. The molecule has 0 unspecified atom stereocenters. The molecule has 23 heavy (non-hydrogen) atoms. The Hall–Kier alpha value is -1.52. The van der Waals surface area contributed by atoms with E-state index in [1.807, 2.05) is 6.26 Å². The molecule has 0 saturated carbocycles. The first-order valence-corrected chi connectivity index (χ1v) is 7.94. The van der Waals surface area contributed by atoms with Gasteiger partial charge in [-0.25, -0.2) is 0 Å². The molecule has 9 nitrogen and oxygen atoms in total. The van der Waals surface area contributed by atoms with Crippen molar-refractivity contribution in [2.45, 2.75) is 37.9 Å². The lowest BCUT2D eigenvalue weighted by Crippen LogP contribution is -2.55. The molecule has 3 atom stereocenters. The number of hydrogen-bond acceptors (Lipinski definition) is 6. The van der Waals surface area contributed by atoms with Gasteiger partial charge >= 0.3 is 5.97 Å². The fourth-order valence-corrected chi connectivity index (χ4v) is 1.91. The summed E-state index contributed by atoms with van der Waals surface area (Å²) >= 11 is 1.51. The van der Waals surface area contributed by atoms with Crippen LogP contribution in [0.15, 0.2) is 0 Å². The largest absolute Gasteiger partial charge is 0.481 e. The van der Waals surface area contributed by atoms with Gasteiger partial charge in [-0.15, -0.1) is 12.4 Å². The minimum absolute atomic E-state index is 0. The SMILES string of the molecule is CSCC[C@H](N)C(=O)N[C@@H](CC(=O)O)C(=O)N[C@H](C)C(N)=O.Cl. The maximum absolute atomic E-state index is 11.9.